The van der Waals surface area contributed by atoms with Crippen LogP contribution in [0, 0.1) is 0 Å². The zero-order chi connectivity index (χ0) is 66.3. The molecule has 52 nitrogen and oxygen atoms in total. The lowest BCUT2D eigenvalue weighted by Crippen LogP contribution is -2.56. The summed E-state index contributed by atoms with van der Waals surface area (Å²) in [4.78, 5) is 201. The number of rotatable bonds is 32. The fourth-order valence-electron chi connectivity index (χ4n) is 3.49. The molecule has 0 aliphatic carbocycles. The van der Waals surface area contributed by atoms with Gasteiger partial charge in [0.2, 0.25) is 0 Å². The van der Waals surface area contributed by atoms with Gasteiger partial charge in [-0.15, -0.1) is 0 Å². The summed E-state index contributed by atoms with van der Waals surface area (Å²) in [5, 5.41) is 185. The van der Waals surface area contributed by atoms with Crippen LogP contribution in [0.3, 0.4) is 0 Å². The van der Waals surface area contributed by atoms with E-state index in [0.717, 1.165) is 0 Å². The monoisotopic (exact) mass is 1260 g/mol. The van der Waals surface area contributed by atoms with Crippen molar-refractivity contribution < 1.29 is 255 Å². The van der Waals surface area contributed by atoms with Crippen LogP contribution in [0.15, 0.2) is 0 Å². The Morgan fingerprint density at radius 3 is 0.424 bits per heavy atom. The second-order valence-electron chi connectivity index (χ2n) is 13.2. The van der Waals surface area contributed by atoms with E-state index in [1.54, 1.807) is 0 Å². The number of esters is 16. The van der Waals surface area contributed by atoms with Crippen molar-refractivity contribution in [2.24, 2.45) is 0 Å². The molecule has 8 unspecified atom stereocenters. The molecule has 0 radical (unpaired) electrons. The van der Waals surface area contributed by atoms with Crippen molar-refractivity contribution in [2.75, 3.05) is 0 Å². The lowest BCUT2D eigenvalue weighted by atomic mass is 10.5. The standard InChI is InChI=1S/C33H36O52/c34-1(35)9(50)70-17(58)21(62)78-29(74-13(54)5(42)43)25(66)82-33(83-26(67)30(75-14(55)6(44)45)79-22(63)18(59)71-10(51)2(36)37,84-27(68)31(76-15(56)7(46)47)80-23(64)19(60)72-11(52)3(38)39)85-28(69)32(77-16(57)8(48)49)81-24(65)20(61)73-12(53)4(40)41/h1-8,17-20,29-32,34-49,58-61H. The van der Waals surface area contributed by atoms with Gasteiger partial charge in [-0.2, -0.15) is 0 Å². The number of ether oxygens (including phenoxy) is 16. The van der Waals surface area contributed by atoms with Crippen LogP contribution >= 0.6 is 0 Å². The van der Waals surface area contributed by atoms with Crippen LogP contribution in [0.4, 0.5) is 0 Å². The van der Waals surface area contributed by atoms with Gasteiger partial charge >= 0.3 is 127 Å². The molecular formula is C33H36O52. The second kappa shape index (κ2) is 34.4. The fourth-order valence-corrected chi connectivity index (χ4v) is 3.49. The van der Waals surface area contributed by atoms with Crippen LogP contribution in [-0.2, 0) is 153 Å². The van der Waals surface area contributed by atoms with Crippen LogP contribution < -0.4 is 0 Å². The Hall–Kier alpha value is -9.28. The van der Waals surface area contributed by atoms with Gasteiger partial charge in [0, 0.05) is 0 Å². The Kier molecular flexibility index (Phi) is 30.6. The van der Waals surface area contributed by atoms with Crippen molar-refractivity contribution in [2.45, 2.75) is 107 Å². The highest BCUT2D eigenvalue weighted by molar-refractivity contribution is 5.89. The molecule has 0 bridgehead atoms. The van der Waals surface area contributed by atoms with Gasteiger partial charge in [0.05, 0.1) is 0 Å². The van der Waals surface area contributed by atoms with Gasteiger partial charge in [0.1, 0.15) is 0 Å². The zero-order valence-corrected chi connectivity index (χ0v) is 39.7. The summed E-state index contributed by atoms with van der Waals surface area (Å²) < 4.78 is 63.4. The summed E-state index contributed by atoms with van der Waals surface area (Å²) in [7, 11) is 0. The van der Waals surface area contributed by atoms with E-state index in [2.05, 4.69) is 75.8 Å². The van der Waals surface area contributed by atoms with E-state index in [9.17, 15) is 138 Å². The normalized spacial score (nSPS) is 14.7. The maximum absolute atomic E-state index is 13.9. The maximum Gasteiger partial charge on any atom is 0.620 e. The van der Waals surface area contributed by atoms with Crippen molar-refractivity contribution in [1.82, 2.24) is 0 Å². The van der Waals surface area contributed by atoms with Crippen molar-refractivity contribution in [1.29, 1.82) is 0 Å². The lowest BCUT2D eigenvalue weighted by Gasteiger charge is -2.32. The molecule has 0 aromatic rings. The number of hydrogen-bond acceptors (Lipinski definition) is 52. The minimum absolute atomic E-state index is 2.46. The Morgan fingerprint density at radius 2 is 0.294 bits per heavy atom. The third kappa shape index (κ3) is 26.2. The Morgan fingerprint density at radius 1 is 0.176 bits per heavy atom. The van der Waals surface area contributed by atoms with Crippen LogP contribution in [0.2, 0.25) is 0 Å². The summed E-state index contributed by atoms with van der Waals surface area (Å²) in [6.45, 7) is 0. The molecule has 0 amide bonds. The average molecular weight is 1260 g/mol. The summed E-state index contributed by atoms with van der Waals surface area (Å²) in [6, 6.07) is 0. The quantitative estimate of drug-likeness (QED) is 0.0169. The first-order chi connectivity index (χ1) is 39.0. The molecule has 0 heterocycles. The zero-order valence-electron chi connectivity index (χ0n) is 39.7. The van der Waals surface area contributed by atoms with E-state index in [1.807, 2.05) is 0 Å². The molecule has 0 aliphatic heterocycles. The van der Waals surface area contributed by atoms with Gasteiger partial charge in [0.25, 0.3) is 75.5 Å². The molecule has 85 heavy (non-hydrogen) atoms. The molecule has 0 aromatic heterocycles. The highest BCUT2D eigenvalue weighted by atomic mass is 17.0. The van der Waals surface area contributed by atoms with E-state index in [-0.39, 0.29) is 0 Å². The van der Waals surface area contributed by atoms with Gasteiger partial charge < -0.3 is 178 Å². The summed E-state index contributed by atoms with van der Waals surface area (Å²) >= 11 is 0. The number of carbonyl (C=O) groups is 16. The SMILES string of the molecule is O=C(OC(O)C(=O)OC(OC(=O)C(O)O)C(=O)OC(OC(=O)C(OC(=O)C(O)O)OC(=O)C(O)OC(=O)C(O)O)(OC(=O)C(OC(=O)C(O)O)OC(=O)C(O)OC(=O)C(O)O)OC(=O)C(OC(=O)C(O)O)OC(=O)C(O)OC(=O)C(O)O)C(O)O. The molecule has 0 spiro atoms. The highest BCUT2D eigenvalue weighted by Gasteiger charge is 2.58. The number of aliphatic hydroxyl groups is 20. The molecule has 0 rings (SSSR count). The van der Waals surface area contributed by atoms with Gasteiger partial charge in [-0.3, -0.25) is 0 Å². The summed E-state index contributed by atoms with van der Waals surface area (Å²) in [5.74, 6) is -46.5. The first-order valence-electron chi connectivity index (χ1n) is 20.0. The van der Waals surface area contributed by atoms with Crippen LogP contribution in [0.25, 0.3) is 0 Å². The predicted molar refractivity (Wildman–Crippen MR) is 205 cm³/mol. The van der Waals surface area contributed by atoms with Crippen molar-refractivity contribution in [3.8, 4) is 0 Å². The van der Waals surface area contributed by atoms with Crippen molar-refractivity contribution >= 4 is 95.5 Å². The van der Waals surface area contributed by atoms with Crippen LogP contribution in [0.1, 0.15) is 0 Å². The maximum atomic E-state index is 13.9. The van der Waals surface area contributed by atoms with Gasteiger partial charge in [-0.25, -0.2) is 76.7 Å². The largest absolute Gasteiger partial charge is 0.620 e. The average Bonchev–Trinajstić information content (AvgIpc) is 3.60. The van der Waals surface area contributed by atoms with Crippen LogP contribution in [-0.4, -0.2) is 304 Å². The molecule has 20 N–H and O–H groups in total. The molecule has 0 aromatic carbocycles. The molecular weight excluding hydrogens is 1230 g/mol. The smallest absolute Gasteiger partial charge is 0.420 e. The van der Waals surface area contributed by atoms with Crippen molar-refractivity contribution in [3.63, 3.8) is 0 Å². The van der Waals surface area contributed by atoms with Gasteiger partial charge in [-0.05, 0) is 0 Å². The van der Waals surface area contributed by atoms with E-state index >= 15 is 0 Å². The van der Waals surface area contributed by atoms with E-state index in [0.29, 0.717) is 0 Å². The Labute approximate surface area is 457 Å². The third-order valence-electron chi connectivity index (χ3n) is 6.86. The topological polar surface area (TPSA) is 825 Å². The number of aliphatic hydroxyl groups excluding tert-OH is 12. The summed E-state index contributed by atoms with van der Waals surface area (Å²) in [6.07, 6.45) is -65.7. The van der Waals surface area contributed by atoms with Crippen LogP contribution in [0.5, 0.6) is 0 Å². The van der Waals surface area contributed by atoms with Gasteiger partial charge in [-0.1, -0.05) is 0 Å². The first kappa shape index (κ1) is 75.7. The van der Waals surface area contributed by atoms with Crippen molar-refractivity contribution in [3.05, 3.63) is 0 Å². The van der Waals surface area contributed by atoms with E-state index in [4.69, 9.17) is 40.9 Å². The molecule has 52 heteroatoms. The number of carbonyl (C=O) groups excluding carboxylic acids is 16. The molecule has 8 atom stereocenters. The minimum atomic E-state index is -6.01. The third-order valence-corrected chi connectivity index (χ3v) is 6.86. The highest BCUT2D eigenvalue weighted by Crippen LogP contribution is 2.26. The van der Waals surface area contributed by atoms with E-state index < -0.39 is 202 Å². The molecule has 0 saturated carbocycles. The Bertz CT molecular complexity index is 2110. The molecule has 480 valence electrons. The van der Waals surface area contributed by atoms with E-state index in [1.165, 1.54) is 0 Å². The Balaban J connectivity index is 9.17. The first-order valence-corrected chi connectivity index (χ1v) is 20.0. The second-order valence-corrected chi connectivity index (χ2v) is 13.2. The molecule has 0 aliphatic rings. The summed E-state index contributed by atoms with van der Waals surface area (Å²) in [5.41, 5.74) is 0. The fraction of sp³-hybridized carbons (Fsp3) is 0.515. The molecule has 0 saturated heterocycles. The number of hydrogen-bond donors (Lipinski definition) is 20. The van der Waals surface area contributed by atoms with Gasteiger partial charge in [0.15, 0.2) is 0 Å². The minimum Gasteiger partial charge on any atom is -0.420 e. The lowest BCUT2D eigenvalue weighted by molar-refractivity contribution is -0.443. The predicted octanol–water partition coefficient (Wildman–Crippen LogP) is -20.6. The molecule has 0 fully saturated rings.